The first-order chi connectivity index (χ1) is 11.4. The van der Waals surface area contributed by atoms with Crippen molar-refractivity contribution in [3.63, 3.8) is 0 Å². The number of hydrogen-bond acceptors (Lipinski definition) is 3. The number of carbonyl (C=O) groups excluding carboxylic acids is 1. The standard InChI is InChI=1S/C18H20N2O3S/c1-13-5-3-7-15(11-13)17-18(21)19-9-10-20(17)24(22,23)16-8-4-6-14(2)12-16/h3-8,11-12,17H,9-10H2,1-2H3,(H,19,21). The smallest absolute Gasteiger partial charge is 0.244 e. The highest BCUT2D eigenvalue weighted by Gasteiger charge is 2.39. The summed E-state index contributed by atoms with van der Waals surface area (Å²) < 4.78 is 27.5. The third-order valence-corrected chi connectivity index (χ3v) is 5.98. The monoisotopic (exact) mass is 344 g/mol. The van der Waals surface area contributed by atoms with Gasteiger partial charge in [0, 0.05) is 13.1 Å². The Balaban J connectivity index is 2.08. The molecule has 24 heavy (non-hydrogen) atoms. The average Bonchev–Trinajstić information content (AvgIpc) is 2.54. The molecule has 3 rings (SSSR count). The predicted octanol–water partition coefficient (Wildman–Crippen LogP) is 2.17. The molecule has 5 nitrogen and oxygen atoms in total. The van der Waals surface area contributed by atoms with Crippen LogP contribution >= 0.6 is 0 Å². The van der Waals surface area contributed by atoms with Gasteiger partial charge in [-0.1, -0.05) is 42.0 Å². The fourth-order valence-electron chi connectivity index (χ4n) is 2.97. The second-order valence-corrected chi connectivity index (χ2v) is 7.93. The van der Waals surface area contributed by atoms with Crippen molar-refractivity contribution in [3.8, 4) is 0 Å². The molecular weight excluding hydrogens is 324 g/mol. The predicted molar refractivity (Wildman–Crippen MR) is 92.0 cm³/mol. The zero-order chi connectivity index (χ0) is 17.3. The number of nitrogens with zero attached hydrogens (tertiary/aromatic N) is 1. The SMILES string of the molecule is Cc1cccc(C2C(=O)NCCN2S(=O)(=O)c2cccc(C)c2)c1. The minimum absolute atomic E-state index is 0.217. The lowest BCUT2D eigenvalue weighted by atomic mass is 10.0. The van der Waals surface area contributed by atoms with Crippen molar-refractivity contribution < 1.29 is 13.2 Å². The highest BCUT2D eigenvalue weighted by molar-refractivity contribution is 7.89. The molecule has 0 radical (unpaired) electrons. The molecule has 1 amide bonds. The van der Waals surface area contributed by atoms with E-state index in [2.05, 4.69) is 5.32 Å². The molecule has 1 aliphatic rings. The van der Waals surface area contributed by atoms with E-state index >= 15 is 0 Å². The number of nitrogens with one attached hydrogen (secondary N) is 1. The Morgan fingerprint density at radius 2 is 1.71 bits per heavy atom. The van der Waals surface area contributed by atoms with E-state index in [9.17, 15) is 13.2 Å². The van der Waals surface area contributed by atoms with Crippen LogP contribution in [-0.2, 0) is 14.8 Å². The second-order valence-electron chi connectivity index (χ2n) is 6.04. The van der Waals surface area contributed by atoms with E-state index in [4.69, 9.17) is 0 Å². The average molecular weight is 344 g/mol. The van der Waals surface area contributed by atoms with Gasteiger partial charge >= 0.3 is 0 Å². The molecule has 0 aliphatic carbocycles. The number of benzene rings is 2. The molecule has 1 fully saturated rings. The molecule has 0 bridgehead atoms. The van der Waals surface area contributed by atoms with Crippen LogP contribution < -0.4 is 5.32 Å². The zero-order valence-corrected chi connectivity index (χ0v) is 14.5. The summed E-state index contributed by atoms with van der Waals surface area (Å²) in [6.45, 7) is 4.33. The third-order valence-electron chi connectivity index (χ3n) is 4.12. The highest BCUT2D eigenvalue weighted by atomic mass is 32.2. The van der Waals surface area contributed by atoms with E-state index in [1.54, 1.807) is 24.3 Å². The molecule has 1 saturated heterocycles. The zero-order valence-electron chi connectivity index (χ0n) is 13.7. The fourth-order valence-corrected chi connectivity index (χ4v) is 4.66. The minimum Gasteiger partial charge on any atom is -0.353 e. The number of aryl methyl sites for hydroxylation is 2. The molecule has 0 saturated carbocycles. The van der Waals surface area contributed by atoms with Gasteiger partial charge in [-0.3, -0.25) is 4.79 Å². The van der Waals surface area contributed by atoms with Crippen molar-refractivity contribution in [2.24, 2.45) is 0 Å². The first-order valence-corrected chi connectivity index (χ1v) is 9.26. The van der Waals surface area contributed by atoms with Crippen molar-refractivity contribution in [2.45, 2.75) is 24.8 Å². The Labute approximate surface area is 142 Å². The van der Waals surface area contributed by atoms with Gasteiger partial charge in [-0.25, -0.2) is 8.42 Å². The van der Waals surface area contributed by atoms with Gasteiger partial charge in [0.2, 0.25) is 15.9 Å². The number of amides is 1. The van der Waals surface area contributed by atoms with Crippen LogP contribution in [-0.4, -0.2) is 31.7 Å². The van der Waals surface area contributed by atoms with E-state index in [1.807, 2.05) is 38.1 Å². The Bertz CT molecular complexity index is 877. The lowest BCUT2D eigenvalue weighted by molar-refractivity contribution is -0.126. The van der Waals surface area contributed by atoms with Gasteiger partial charge in [0.05, 0.1) is 4.90 Å². The Kier molecular flexibility index (Phi) is 4.43. The van der Waals surface area contributed by atoms with E-state index in [0.29, 0.717) is 12.1 Å². The molecule has 1 aliphatic heterocycles. The van der Waals surface area contributed by atoms with Crippen LogP contribution in [0, 0.1) is 13.8 Å². The van der Waals surface area contributed by atoms with Gasteiger partial charge in [0.1, 0.15) is 6.04 Å². The van der Waals surface area contributed by atoms with Crippen molar-refractivity contribution in [1.82, 2.24) is 9.62 Å². The van der Waals surface area contributed by atoms with Crippen LogP contribution in [0.3, 0.4) is 0 Å². The first-order valence-electron chi connectivity index (χ1n) is 7.82. The van der Waals surface area contributed by atoms with Crippen molar-refractivity contribution >= 4 is 15.9 Å². The summed E-state index contributed by atoms with van der Waals surface area (Å²) in [5, 5.41) is 2.77. The maximum absolute atomic E-state index is 13.1. The number of piperazine rings is 1. The van der Waals surface area contributed by atoms with Crippen molar-refractivity contribution in [1.29, 1.82) is 0 Å². The molecule has 1 N–H and O–H groups in total. The Morgan fingerprint density at radius 3 is 2.38 bits per heavy atom. The summed E-state index contributed by atoms with van der Waals surface area (Å²) >= 11 is 0. The Morgan fingerprint density at radius 1 is 1.04 bits per heavy atom. The number of rotatable bonds is 3. The van der Waals surface area contributed by atoms with E-state index in [-0.39, 0.29) is 17.3 Å². The quantitative estimate of drug-likeness (QED) is 0.928. The van der Waals surface area contributed by atoms with Crippen LogP contribution in [0.15, 0.2) is 53.4 Å². The molecule has 1 unspecified atom stereocenters. The number of sulfonamides is 1. The summed E-state index contributed by atoms with van der Waals surface area (Å²) in [5.74, 6) is -0.289. The van der Waals surface area contributed by atoms with Gasteiger partial charge in [0.25, 0.3) is 0 Å². The topological polar surface area (TPSA) is 66.5 Å². The summed E-state index contributed by atoms with van der Waals surface area (Å²) in [7, 11) is -3.76. The molecule has 1 atom stereocenters. The van der Waals surface area contributed by atoms with Gasteiger partial charge in [0.15, 0.2) is 0 Å². The summed E-state index contributed by atoms with van der Waals surface area (Å²) in [6.07, 6.45) is 0. The van der Waals surface area contributed by atoms with E-state index in [0.717, 1.165) is 11.1 Å². The minimum atomic E-state index is -3.76. The fraction of sp³-hybridized carbons (Fsp3) is 0.278. The third kappa shape index (κ3) is 3.07. The molecule has 2 aromatic carbocycles. The van der Waals surface area contributed by atoms with Gasteiger partial charge in [-0.05, 0) is 37.1 Å². The van der Waals surface area contributed by atoms with Crippen LogP contribution in [0.5, 0.6) is 0 Å². The van der Waals surface area contributed by atoms with Crippen LogP contribution in [0.2, 0.25) is 0 Å². The van der Waals surface area contributed by atoms with E-state index < -0.39 is 16.1 Å². The lowest BCUT2D eigenvalue weighted by Crippen LogP contribution is -2.52. The van der Waals surface area contributed by atoms with Gasteiger partial charge < -0.3 is 5.32 Å². The summed E-state index contributed by atoms with van der Waals surface area (Å²) in [5.41, 5.74) is 2.53. The number of hydrogen-bond donors (Lipinski definition) is 1. The van der Waals surface area contributed by atoms with E-state index in [1.165, 1.54) is 4.31 Å². The molecule has 2 aromatic rings. The Hall–Kier alpha value is -2.18. The first kappa shape index (κ1) is 16.7. The van der Waals surface area contributed by atoms with Crippen LogP contribution in [0.1, 0.15) is 22.7 Å². The van der Waals surface area contributed by atoms with Crippen molar-refractivity contribution in [3.05, 3.63) is 65.2 Å². The number of carbonyl (C=O) groups is 1. The van der Waals surface area contributed by atoms with Crippen LogP contribution in [0.4, 0.5) is 0 Å². The van der Waals surface area contributed by atoms with Gasteiger partial charge in [-0.15, -0.1) is 0 Å². The lowest BCUT2D eigenvalue weighted by Gasteiger charge is -2.34. The molecule has 0 aromatic heterocycles. The molecule has 0 spiro atoms. The maximum Gasteiger partial charge on any atom is 0.244 e. The van der Waals surface area contributed by atoms with Crippen LogP contribution in [0.25, 0.3) is 0 Å². The summed E-state index contributed by atoms with van der Waals surface area (Å²) in [6, 6.07) is 13.3. The van der Waals surface area contributed by atoms with Crippen molar-refractivity contribution in [2.75, 3.05) is 13.1 Å². The normalized spacial score (nSPS) is 19.1. The second kappa shape index (κ2) is 6.37. The summed E-state index contributed by atoms with van der Waals surface area (Å²) in [4.78, 5) is 12.7. The highest BCUT2D eigenvalue weighted by Crippen LogP contribution is 2.30. The van der Waals surface area contributed by atoms with Gasteiger partial charge in [-0.2, -0.15) is 4.31 Å². The largest absolute Gasteiger partial charge is 0.353 e. The molecule has 1 heterocycles. The molecule has 126 valence electrons. The maximum atomic E-state index is 13.1. The molecule has 6 heteroatoms. The molecular formula is C18H20N2O3S.